The van der Waals surface area contributed by atoms with Crippen LogP contribution < -0.4 is 4.74 Å². The van der Waals surface area contributed by atoms with Crippen LogP contribution in [0.1, 0.15) is 61.3 Å². The van der Waals surface area contributed by atoms with Crippen LogP contribution in [0.2, 0.25) is 0 Å². The first kappa shape index (κ1) is 25.5. The molecule has 1 aliphatic rings. The fourth-order valence-electron chi connectivity index (χ4n) is 4.60. The van der Waals surface area contributed by atoms with Gasteiger partial charge in [0.05, 0.1) is 12.6 Å². The summed E-state index contributed by atoms with van der Waals surface area (Å²) in [7, 11) is 0. The summed E-state index contributed by atoms with van der Waals surface area (Å²) in [5, 5.41) is 0. The normalized spacial score (nSPS) is 15.0. The Morgan fingerprint density at radius 3 is 2.56 bits per heavy atom. The van der Waals surface area contributed by atoms with Gasteiger partial charge in [0.15, 0.2) is 0 Å². The molecule has 0 saturated heterocycles. The molecule has 3 aromatic rings. The van der Waals surface area contributed by atoms with E-state index < -0.39 is 6.04 Å². The summed E-state index contributed by atoms with van der Waals surface area (Å²) in [4.78, 5) is 30.4. The van der Waals surface area contributed by atoms with Crippen LogP contribution in [-0.4, -0.2) is 51.9 Å². The minimum Gasteiger partial charge on any atom is -0.494 e. The Kier molecular flexibility index (Phi) is 8.08. The Morgan fingerprint density at radius 2 is 1.86 bits per heavy atom. The number of carbonyl (C=O) groups excluding carboxylic acids is 2. The van der Waals surface area contributed by atoms with E-state index in [0.717, 1.165) is 24.3 Å². The van der Waals surface area contributed by atoms with Gasteiger partial charge in [-0.3, -0.25) is 9.59 Å². The van der Waals surface area contributed by atoms with Crippen LogP contribution in [-0.2, 0) is 11.3 Å². The highest BCUT2D eigenvalue weighted by atomic mass is 19.1. The van der Waals surface area contributed by atoms with Crippen molar-refractivity contribution in [3.05, 3.63) is 89.5 Å². The van der Waals surface area contributed by atoms with Crippen molar-refractivity contribution < 1.29 is 18.7 Å². The Balaban J connectivity index is 1.53. The van der Waals surface area contributed by atoms with Gasteiger partial charge in [-0.1, -0.05) is 25.5 Å². The van der Waals surface area contributed by atoms with Crippen molar-refractivity contribution in [2.45, 2.75) is 52.2 Å². The molecule has 0 aliphatic carbocycles. The number of benzene rings is 2. The SMILES string of the molecule is CCCCOc1ccc(C(=O)N(CC(=O)N2CCn3cccc3[C@H]2c2cccc(F)c2)C(C)C)cc1. The van der Waals surface area contributed by atoms with Crippen molar-refractivity contribution in [2.24, 2.45) is 0 Å². The number of hydrogen-bond acceptors (Lipinski definition) is 3. The maximum atomic E-state index is 14.1. The summed E-state index contributed by atoms with van der Waals surface area (Å²) in [6.45, 7) is 7.62. The Bertz CT molecular complexity index is 1190. The number of rotatable bonds is 9. The fraction of sp³-hybridized carbons (Fsp3) is 0.379. The maximum absolute atomic E-state index is 14.1. The van der Waals surface area contributed by atoms with Crippen LogP contribution in [0.25, 0.3) is 0 Å². The molecule has 1 aliphatic heterocycles. The first-order chi connectivity index (χ1) is 17.4. The third-order valence-electron chi connectivity index (χ3n) is 6.58. The van der Waals surface area contributed by atoms with Crippen LogP contribution in [0.4, 0.5) is 4.39 Å². The number of hydrogen-bond donors (Lipinski definition) is 0. The van der Waals surface area contributed by atoms with Crippen LogP contribution in [0.3, 0.4) is 0 Å². The molecule has 190 valence electrons. The van der Waals surface area contributed by atoms with Gasteiger partial charge in [0, 0.05) is 36.6 Å². The van der Waals surface area contributed by atoms with E-state index in [1.807, 2.05) is 38.2 Å². The van der Waals surface area contributed by atoms with E-state index in [2.05, 4.69) is 11.5 Å². The second-order valence-corrected chi connectivity index (χ2v) is 9.42. The van der Waals surface area contributed by atoms with Crippen LogP contribution in [0.5, 0.6) is 5.75 Å². The van der Waals surface area contributed by atoms with Gasteiger partial charge >= 0.3 is 0 Å². The average Bonchev–Trinajstić information content (AvgIpc) is 3.35. The van der Waals surface area contributed by atoms with E-state index in [1.54, 1.807) is 40.1 Å². The van der Waals surface area contributed by atoms with Crippen molar-refractivity contribution in [2.75, 3.05) is 19.7 Å². The molecule has 36 heavy (non-hydrogen) atoms. The molecule has 1 aromatic heterocycles. The van der Waals surface area contributed by atoms with E-state index >= 15 is 0 Å². The molecule has 0 saturated carbocycles. The molecule has 0 fully saturated rings. The Morgan fingerprint density at radius 1 is 1.08 bits per heavy atom. The molecule has 0 spiro atoms. The second-order valence-electron chi connectivity index (χ2n) is 9.42. The molecule has 2 amide bonds. The van der Waals surface area contributed by atoms with Gasteiger partial charge in [-0.25, -0.2) is 4.39 Å². The predicted molar refractivity (Wildman–Crippen MR) is 137 cm³/mol. The van der Waals surface area contributed by atoms with Gasteiger partial charge < -0.3 is 19.1 Å². The van der Waals surface area contributed by atoms with Crippen molar-refractivity contribution >= 4 is 11.8 Å². The van der Waals surface area contributed by atoms with Gasteiger partial charge in [0.25, 0.3) is 5.91 Å². The lowest BCUT2D eigenvalue weighted by Crippen LogP contribution is -2.49. The third-order valence-corrected chi connectivity index (χ3v) is 6.58. The third kappa shape index (κ3) is 5.61. The highest BCUT2D eigenvalue weighted by Crippen LogP contribution is 2.33. The van der Waals surface area contributed by atoms with E-state index in [0.29, 0.717) is 30.8 Å². The topological polar surface area (TPSA) is 54.8 Å². The molecule has 0 bridgehead atoms. The average molecular weight is 492 g/mol. The molecule has 6 nitrogen and oxygen atoms in total. The molecule has 0 N–H and O–H groups in total. The number of carbonyl (C=O) groups is 2. The summed E-state index contributed by atoms with van der Waals surface area (Å²) < 4.78 is 21.9. The summed E-state index contributed by atoms with van der Waals surface area (Å²) in [5.74, 6) is 0.00513. The highest BCUT2D eigenvalue weighted by Gasteiger charge is 2.34. The largest absolute Gasteiger partial charge is 0.494 e. The van der Waals surface area contributed by atoms with E-state index in [-0.39, 0.29) is 30.2 Å². The molecule has 0 radical (unpaired) electrons. The fourth-order valence-corrected chi connectivity index (χ4v) is 4.60. The molecule has 4 rings (SSSR count). The monoisotopic (exact) mass is 491 g/mol. The summed E-state index contributed by atoms with van der Waals surface area (Å²) in [5.41, 5.74) is 2.15. The summed E-state index contributed by atoms with van der Waals surface area (Å²) in [6, 6.07) is 16.8. The number of ether oxygens (including phenoxy) is 1. The molecule has 2 heterocycles. The second kappa shape index (κ2) is 11.4. The molecule has 1 atom stereocenters. The van der Waals surface area contributed by atoms with Crippen molar-refractivity contribution in [1.82, 2.24) is 14.4 Å². The smallest absolute Gasteiger partial charge is 0.254 e. The molecular formula is C29H34FN3O3. The zero-order chi connectivity index (χ0) is 25.7. The lowest BCUT2D eigenvalue weighted by Gasteiger charge is -2.39. The zero-order valence-electron chi connectivity index (χ0n) is 21.2. The van der Waals surface area contributed by atoms with Gasteiger partial charge in [-0.05, 0) is 74.4 Å². The van der Waals surface area contributed by atoms with Crippen LogP contribution >= 0.6 is 0 Å². The van der Waals surface area contributed by atoms with Crippen molar-refractivity contribution in [3.63, 3.8) is 0 Å². The molecule has 7 heteroatoms. The minimum absolute atomic E-state index is 0.0578. The zero-order valence-corrected chi connectivity index (χ0v) is 21.2. The van der Waals surface area contributed by atoms with Gasteiger partial charge in [-0.2, -0.15) is 0 Å². The number of nitrogens with zero attached hydrogens (tertiary/aromatic N) is 3. The first-order valence-electron chi connectivity index (χ1n) is 12.6. The van der Waals surface area contributed by atoms with E-state index in [9.17, 15) is 14.0 Å². The number of halogens is 1. The standard InChI is InChI=1S/C29H34FN3O3/c1-4-5-18-36-25-13-11-22(12-14-25)29(35)33(21(2)3)20-27(34)32-17-16-31-15-7-10-26(31)28(32)23-8-6-9-24(30)19-23/h6-15,19,21,28H,4-5,16-18,20H2,1-3H3/t28-/m1/s1. The Hall–Kier alpha value is -3.61. The van der Waals surface area contributed by atoms with Crippen LogP contribution in [0, 0.1) is 5.82 Å². The molecule has 0 unspecified atom stereocenters. The number of amides is 2. The molecular weight excluding hydrogens is 457 g/mol. The highest BCUT2D eigenvalue weighted by molar-refractivity contribution is 5.97. The quantitative estimate of drug-likeness (QED) is 0.382. The minimum atomic E-state index is -0.416. The van der Waals surface area contributed by atoms with E-state index in [4.69, 9.17) is 4.74 Å². The van der Waals surface area contributed by atoms with Crippen molar-refractivity contribution in [3.8, 4) is 5.75 Å². The van der Waals surface area contributed by atoms with Crippen molar-refractivity contribution in [1.29, 1.82) is 0 Å². The maximum Gasteiger partial charge on any atom is 0.254 e. The van der Waals surface area contributed by atoms with Gasteiger partial charge in [0.1, 0.15) is 18.1 Å². The number of fused-ring (bicyclic) bond motifs is 1. The number of unbranched alkanes of at least 4 members (excludes halogenated alkanes) is 1. The van der Waals surface area contributed by atoms with Crippen LogP contribution in [0.15, 0.2) is 66.9 Å². The molecule has 2 aromatic carbocycles. The van der Waals surface area contributed by atoms with Gasteiger partial charge in [0.2, 0.25) is 5.91 Å². The lowest BCUT2D eigenvalue weighted by molar-refractivity contribution is -0.135. The number of aromatic nitrogens is 1. The first-order valence-corrected chi connectivity index (χ1v) is 12.6. The van der Waals surface area contributed by atoms with Gasteiger partial charge in [-0.15, -0.1) is 0 Å². The summed E-state index contributed by atoms with van der Waals surface area (Å²) >= 11 is 0. The predicted octanol–water partition coefficient (Wildman–Crippen LogP) is 5.29. The lowest BCUT2D eigenvalue weighted by atomic mass is 9.99. The van der Waals surface area contributed by atoms with E-state index in [1.165, 1.54) is 12.1 Å². The Labute approximate surface area is 212 Å². The summed E-state index contributed by atoms with van der Waals surface area (Å²) in [6.07, 6.45) is 4.00.